The maximum Gasteiger partial charge on any atom is 0.419 e. The second-order valence-electron chi connectivity index (χ2n) is 5.72. The molecule has 1 atom stereocenters. The van der Waals surface area contributed by atoms with Crippen molar-refractivity contribution in [1.82, 2.24) is 10.2 Å². The van der Waals surface area contributed by atoms with Gasteiger partial charge in [-0.25, -0.2) is 4.79 Å². The van der Waals surface area contributed by atoms with Crippen LogP contribution >= 0.6 is 0 Å². The smallest absolute Gasteiger partial charge is 0.419 e. The lowest BCUT2D eigenvalue weighted by molar-refractivity contribution is -0.253. The highest BCUT2D eigenvalue weighted by Crippen LogP contribution is 2.37. The third kappa shape index (κ3) is 4.11. The molecule has 1 aromatic carbocycles. The largest absolute Gasteiger partial charge is 0.494 e. The van der Waals surface area contributed by atoms with E-state index in [0.29, 0.717) is 13.0 Å². The van der Waals surface area contributed by atoms with Crippen molar-refractivity contribution in [3.63, 3.8) is 0 Å². The number of nitrogens with zero attached hydrogens (tertiary/aromatic N) is 1. The number of carbonyl (C=O) groups is 1. The number of carbonyl (C=O) groups excluding carboxylic acids is 1. The SMILES string of the molecule is CCOc1ccccc1CCNC(=O)N1CC[C@](O)(C(F)(F)F)C1. The molecule has 1 heterocycles. The fraction of sp³-hybridized carbons (Fsp3) is 0.562. The molecule has 1 aliphatic heterocycles. The topological polar surface area (TPSA) is 61.8 Å². The van der Waals surface area contributed by atoms with Crippen molar-refractivity contribution < 1.29 is 27.8 Å². The molecule has 0 unspecified atom stereocenters. The number of para-hydroxylation sites is 1. The molecule has 1 aliphatic rings. The first-order chi connectivity index (χ1) is 11.3. The van der Waals surface area contributed by atoms with E-state index in [1.54, 1.807) is 0 Å². The number of likely N-dealkylation sites (tertiary alicyclic amines) is 1. The van der Waals surface area contributed by atoms with Gasteiger partial charge in [-0.2, -0.15) is 13.2 Å². The van der Waals surface area contributed by atoms with Crippen molar-refractivity contribution in [2.75, 3.05) is 26.2 Å². The number of hydrogen-bond donors (Lipinski definition) is 2. The Balaban J connectivity index is 1.85. The van der Waals surface area contributed by atoms with E-state index in [9.17, 15) is 23.1 Å². The molecule has 1 saturated heterocycles. The maximum atomic E-state index is 12.7. The van der Waals surface area contributed by atoms with Crippen LogP contribution in [0.15, 0.2) is 24.3 Å². The van der Waals surface area contributed by atoms with E-state index in [-0.39, 0.29) is 13.1 Å². The van der Waals surface area contributed by atoms with E-state index in [4.69, 9.17) is 4.74 Å². The summed E-state index contributed by atoms with van der Waals surface area (Å²) in [5.74, 6) is 0.724. The molecule has 0 aromatic heterocycles. The van der Waals surface area contributed by atoms with Crippen molar-refractivity contribution in [3.05, 3.63) is 29.8 Å². The Morgan fingerprint density at radius 2 is 2.12 bits per heavy atom. The number of benzene rings is 1. The van der Waals surface area contributed by atoms with Crippen LogP contribution in [0.3, 0.4) is 0 Å². The van der Waals surface area contributed by atoms with Crippen molar-refractivity contribution in [2.45, 2.75) is 31.5 Å². The molecule has 2 N–H and O–H groups in total. The molecule has 1 aromatic rings. The highest BCUT2D eigenvalue weighted by atomic mass is 19.4. The van der Waals surface area contributed by atoms with Crippen LogP contribution in [-0.4, -0.2) is 54.1 Å². The lowest BCUT2D eigenvalue weighted by atomic mass is 10.0. The van der Waals surface area contributed by atoms with Crippen molar-refractivity contribution >= 4 is 6.03 Å². The Kier molecular flexibility index (Phi) is 5.58. The molecule has 5 nitrogen and oxygen atoms in total. The monoisotopic (exact) mass is 346 g/mol. The molecular formula is C16H21F3N2O3. The van der Waals surface area contributed by atoms with Gasteiger partial charge in [0.25, 0.3) is 0 Å². The van der Waals surface area contributed by atoms with Gasteiger partial charge in [0.1, 0.15) is 5.75 Å². The second-order valence-corrected chi connectivity index (χ2v) is 5.72. The molecule has 0 spiro atoms. The first-order valence-electron chi connectivity index (χ1n) is 7.79. The van der Waals surface area contributed by atoms with Crippen molar-refractivity contribution in [2.24, 2.45) is 0 Å². The molecule has 1 fully saturated rings. The lowest BCUT2D eigenvalue weighted by Crippen LogP contribution is -2.49. The van der Waals surface area contributed by atoms with Gasteiger partial charge >= 0.3 is 12.2 Å². The van der Waals surface area contributed by atoms with Crippen LogP contribution in [0.5, 0.6) is 5.75 Å². The first-order valence-corrected chi connectivity index (χ1v) is 7.79. The van der Waals surface area contributed by atoms with E-state index in [1.165, 1.54) is 0 Å². The minimum atomic E-state index is -4.74. The predicted octanol–water partition coefficient (Wildman–Crippen LogP) is 2.34. The molecule has 8 heteroatoms. The molecule has 24 heavy (non-hydrogen) atoms. The van der Waals surface area contributed by atoms with Crippen LogP contribution in [-0.2, 0) is 6.42 Å². The Bertz CT molecular complexity index is 580. The first kappa shape index (κ1) is 18.4. The van der Waals surface area contributed by atoms with E-state index in [1.807, 2.05) is 31.2 Å². The van der Waals surface area contributed by atoms with Crippen LogP contribution in [0.1, 0.15) is 18.9 Å². The molecule has 0 radical (unpaired) electrons. The Labute approximate surface area is 138 Å². The van der Waals surface area contributed by atoms with Gasteiger partial charge in [0.05, 0.1) is 13.2 Å². The van der Waals surface area contributed by atoms with Gasteiger partial charge in [0.2, 0.25) is 0 Å². The quantitative estimate of drug-likeness (QED) is 0.860. The summed E-state index contributed by atoms with van der Waals surface area (Å²) in [6, 6.07) is 6.78. The number of ether oxygens (including phenoxy) is 1. The van der Waals surface area contributed by atoms with E-state index in [2.05, 4.69) is 5.32 Å². The van der Waals surface area contributed by atoms with Gasteiger partial charge in [0.15, 0.2) is 5.60 Å². The van der Waals surface area contributed by atoms with Gasteiger partial charge in [0, 0.05) is 19.5 Å². The highest BCUT2D eigenvalue weighted by Gasteiger charge is 2.57. The van der Waals surface area contributed by atoms with Gasteiger partial charge < -0.3 is 20.1 Å². The third-order valence-corrected chi connectivity index (χ3v) is 4.01. The maximum absolute atomic E-state index is 12.7. The third-order valence-electron chi connectivity index (χ3n) is 4.01. The molecule has 2 rings (SSSR count). The lowest BCUT2D eigenvalue weighted by Gasteiger charge is -2.26. The summed E-state index contributed by atoms with van der Waals surface area (Å²) < 4.78 is 43.7. The van der Waals surface area contributed by atoms with Crippen LogP contribution in [0.2, 0.25) is 0 Å². The summed E-state index contributed by atoms with van der Waals surface area (Å²) in [7, 11) is 0. The average Bonchev–Trinajstić information content (AvgIpc) is 2.93. The number of urea groups is 1. The molecule has 2 amide bonds. The summed E-state index contributed by atoms with van der Waals surface area (Å²) in [6.07, 6.45) is -4.74. The molecule has 0 aliphatic carbocycles. The van der Waals surface area contributed by atoms with E-state index in [0.717, 1.165) is 16.2 Å². The van der Waals surface area contributed by atoms with Crippen molar-refractivity contribution in [1.29, 1.82) is 0 Å². The Morgan fingerprint density at radius 3 is 2.75 bits per heavy atom. The number of β-amino-alcohol motifs (C(OH)–C–C–N with tert-alkyl or cyclic N) is 1. The molecule has 0 bridgehead atoms. The minimum absolute atomic E-state index is 0.128. The Hall–Kier alpha value is -1.96. The van der Waals surface area contributed by atoms with Crippen LogP contribution in [0.4, 0.5) is 18.0 Å². The van der Waals surface area contributed by atoms with E-state index >= 15 is 0 Å². The van der Waals surface area contributed by atoms with Crippen molar-refractivity contribution in [3.8, 4) is 5.75 Å². The zero-order valence-electron chi connectivity index (χ0n) is 13.4. The van der Waals surface area contributed by atoms with Crippen LogP contribution in [0.25, 0.3) is 0 Å². The summed E-state index contributed by atoms with van der Waals surface area (Å²) in [5.41, 5.74) is -1.90. The van der Waals surface area contributed by atoms with Crippen LogP contribution in [0, 0.1) is 0 Å². The highest BCUT2D eigenvalue weighted by molar-refractivity contribution is 5.74. The molecule has 134 valence electrons. The predicted molar refractivity (Wildman–Crippen MR) is 81.9 cm³/mol. The summed E-state index contributed by atoms with van der Waals surface area (Å²) >= 11 is 0. The summed E-state index contributed by atoms with van der Waals surface area (Å²) in [6.45, 7) is 1.79. The van der Waals surface area contributed by atoms with Gasteiger partial charge in [-0.15, -0.1) is 0 Å². The fourth-order valence-electron chi connectivity index (χ4n) is 2.62. The Morgan fingerprint density at radius 1 is 1.42 bits per heavy atom. The van der Waals surface area contributed by atoms with E-state index < -0.39 is 30.8 Å². The fourth-order valence-corrected chi connectivity index (χ4v) is 2.62. The number of rotatable bonds is 5. The van der Waals surface area contributed by atoms with Gasteiger partial charge in [-0.05, 0) is 25.0 Å². The summed E-state index contributed by atoms with van der Waals surface area (Å²) in [5, 5.41) is 12.2. The number of hydrogen-bond acceptors (Lipinski definition) is 3. The van der Waals surface area contributed by atoms with Gasteiger partial charge in [-0.3, -0.25) is 0 Å². The number of halogens is 3. The standard InChI is InChI=1S/C16H21F3N2O3/c1-2-24-13-6-4-3-5-12(13)7-9-20-14(22)21-10-8-15(23,11-21)16(17,18)19/h3-6,23H,2,7-11H2,1H3,(H,20,22)/t15-/m1/s1. The zero-order chi connectivity index (χ0) is 17.8. The minimum Gasteiger partial charge on any atom is -0.494 e. The number of nitrogens with one attached hydrogen (secondary N) is 1. The second kappa shape index (κ2) is 7.29. The van der Waals surface area contributed by atoms with Gasteiger partial charge in [-0.1, -0.05) is 18.2 Å². The van der Waals surface area contributed by atoms with Crippen LogP contribution < -0.4 is 10.1 Å². The zero-order valence-corrected chi connectivity index (χ0v) is 13.4. The molecule has 0 saturated carbocycles. The number of alkyl halides is 3. The number of amides is 2. The number of aliphatic hydroxyl groups is 1. The summed E-state index contributed by atoms with van der Waals surface area (Å²) in [4.78, 5) is 13.0. The normalized spacial score (nSPS) is 21.0. The average molecular weight is 346 g/mol. The molecular weight excluding hydrogens is 325 g/mol.